The first-order valence-electron chi connectivity index (χ1n) is 5.29. The van der Waals surface area contributed by atoms with Gasteiger partial charge in [-0.1, -0.05) is 0 Å². The molecule has 3 unspecified atom stereocenters. The fourth-order valence-electron chi connectivity index (χ4n) is 1.55. The smallest absolute Gasteiger partial charge is 0.342 e. The Bertz CT molecular complexity index is 207. The van der Waals surface area contributed by atoms with Gasteiger partial charge in [-0.05, 0) is 20.3 Å². The van der Waals surface area contributed by atoms with Crippen molar-refractivity contribution in [2.24, 2.45) is 0 Å². The van der Waals surface area contributed by atoms with E-state index in [1.54, 1.807) is 13.8 Å². The molecular weight excluding hydrogens is 201 g/mol. The van der Waals surface area contributed by atoms with Gasteiger partial charge in [-0.2, -0.15) is 0 Å². The van der Waals surface area contributed by atoms with Crippen LogP contribution in [0.4, 0.5) is 4.39 Å². The average Bonchev–Trinajstić information content (AvgIpc) is 2.69. The van der Waals surface area contributed by atoms with Crippen molar-refractivity contribution in [1.29, 1.82) is 0 Å². The summed E-state index contributed by atoms with van der Waals surface area (Å²) >= 11 is 0. The number of carbonyl (C=O) groups is 1. The molecule has 1 saturated heterocycles. The van der Waals surface area contributed by atoms with Crippen LogP contribution < -0.4 is 5.32 Å². The Morgan fingerprint density at radius 2 is 2.47 bits per heavy atom. The van der Waals surface area contributed by atoms with Crippen molar-refractivity contribution in [3.05, 3.63) is 0 Å². The minimum Gasteiger partial charge on any atom is -0.464 e. The van der Waals surface area contributed by atoms with Crippen molar-refractivity contribution < 1.29 is 18.7 Å². The number of rotatable bonds is 5. The molecule has 0 aromatic carbocycles. The van der Waals surface area contributed by atoms with Crippen LogP contribution in [0.2, 0.25) is 0 Å². The van der Waals surface area contributed by atoms with Crippen molar-refractivity contribution in [2.75, 3.05) is 19.8 Å². The number of hydrogen-bond donors (Lipinski definition) is 1. The minimum atomic E-state index is -1.61. The van der Waals surface area contributed by atoms with E-state index in [-0.39, 0.29) is 12.6 Å². The maximum Gasteiger partial charge on any atom is 0.342 e. The molecule has 0 bridgehead atoms. The first-order chi connectivity index (χ1) is 7.15. The third-order valence-corrected chi connectivity index (χ3v) is 2.38. The Morgan fingerprint density at radius 3 is 3.00 bits per heavy atom. The van der Waals surface area contributed by atoms with E-state index in [0.717, 1.165) is 6.42 Å². The summed E-state index contributed by atoms with van der Waals surface area (Å²) in [4.78, 5) is 11.1. The third kappa shape index (κ3) is 3.76. The quantitative estimate of drug-likeness (QED) is 0.690. The second kappa shape index (κ2) is 6.02. The monoisotopic (exact) mass is 219 g/mol. The summed E-state index contributed by atoms with van der Waals surface area (Å²) in [6.45, 7) is 4.78. The molecule has 0 aromatic rings. The Labute approximate surface area is 89.1 Å². The summed E-state index contributed by atoms with van der Waals surface area (Å²) < 4.78 is 23.2. The normalized spacial score (nSPS) is 24.9. The van der Waals surface area contributed by atoms with Gasteiger partial charge in [-0.15, -0.1) is 0 Å². The maximum atomic E-state index is 13.5. The molecular formula is C10H18FNO3. The third-order valence-electron chi connectivity index (χ3n) is 2.38. The Morgan fingerprint density at radius 1 is 1.73 bits per heavy atom. The van der Waals surface area contributed by atoms with E-state index in [1.165, 1.54) is 0 Å². The first-order valence-corrected chi connectivity index (χ1v) is 5.29. The fourth-order valence-corrected chi connectivity index (χ4v) is 1.55. The summed E-state index contributed by atoms with van der Waals surface area (Å²) in [6.07, 6.45) is -0.745. The predicted octanol–water partition coefficient (Wildman–Crippen LogP) is 0.655. The molecule has 1 rings (SSSR count). The number of carbonyl (C=O) groups excluding carboxylic acids is 1. The van der Waals surface area contributed by atoms with Crippen LogP contribution in [0.25, 0.3) is 0 Å². The second-order valence-corrected chi connectivity index (χ2v) is 3.67. The Balaban J connectivity index is 2.31. The highest BCUT2D eigenvalue weighted by molar-refractivity contribution is 5.75. The Kier molecular flexibility index (Phi) is 4.98. The van der Waals surface area contributed by atoms with Crippen LogP contribution in [0.1, 0.15) is 20.3 Å². The van der Waals surface area contributed by atoms with Gasteiger partial charge >= 0.3 is 5.97 Å². The molecule has 0 saturated carbocycles. The van der Waals surface area contributed by atoms with E-state index in [0.29, 0.717) is 13.2 Å². The van der Waals surface area contributed by atoms with E-state index >= 15 is 0 Å². The molecule has 15 heavy (non-hydrogen) atoms. The SMILES string of the molecule is CCOC(=O)C(F)C(C)NC1CCOC1. The topological polar surface area (TPSA) is 47.6 Å². The molecule has 1 N–H and O–H groups in total. The zero-order valence-electron chi connectivity index (χ0n) is 9.16. The highest BCUT2D eigenvalue weighted by Crippen LogP contribution is 2.08. The van der Waals surface area contributed by atoms with Crippen LogP contribution in [-0.2, 0) is 14.3 Å². The minimum absolute atomic E-state index is 0.146. The van der Waals surface area contributed by atoms with Gasteiger partial charge < -0.3 is 14.8 Å². The van der Waals surface area contributed by atoms with E-state index in [9.17, 15) is 9.18 Å². The molecule has 5 heteroatoms. The summed E-state index contributed by atoms with van der Waals surface area (Å²) in [6, 6.07) is -0.386. The largest absolute Gasteiger partial charge is 0.464 e. The molecule has 4 nitrogen and oxygen atoms in total. The summed E-state index contributed by atoms with van der Waals surface area (Å²) in [5.74, 6) is -0.795. The van der Waals surface area contributed by atoms with E-state index in [4.69, 9.17) is 4.74 Å². The maximum absolute atomic E-state index is 13.5. The lowest BCUT2D eigenvalue weighted by molar-refractivity contribution is -0.150. The first kappa shape index (κ1) is 12.4. The van der Waals surface area contributed by atoms with E-state index < -0.39 is 18.2 Å². The molecule has 1 aliphatic rings. The van der Waals surface area contributed by atoms with Gasteiger partial charge in [0, 0.05) is 18.7 Å². The number of halogens is 1. The molecule has 0 amide bonds. The Hall–Kier alpha value is -0.680. The molecule has 0 aromatic heterocycles. The number of ether oxygens (including phenoxy) is 2. The highest BCUT2D eigenvalue weighted by Gasteiger charge is 2.28. The lowest BCUT2D eigenvalue weighted by Crippen LogP contribution is -2.45. The molecule has 3 atom stereocenters. The molecule has 1 heterocycles. The average molecular weight is 219 g/mol. The fraction of sp³-hybridized carbons (Fsp3) is 0.900. The van der Waals surface area contributed by atoms with Crippen molar-refractivity contribution in [3.8, 4) is 0 Å². The zero-order chi connectivity index (χ0) is 11.3. The molecule has 1 aliphatic heterocycles. The van der Waals surface area contributed by atoms with Crippen LogP contribution in [-0.4, -0.2) is 44.0 Å². The lowest BCUT2D eigenvalue weighted by atomic mass is 10.1. The van der Waals surface area contributed by atoms with Gasteiger partial charge in [0.05, 0.1) is 13.2 Å². The van der Waals surface area contributed by atoms with Gasteiger partial charge in [0.2, 0.25) is 6.17 Å². The summed E-state index contributed by atoms with van der Waals surface area (Å²) in [5.41, 5.74) is 0. The molecule has 0 spiro atoms. The van der Waals surface area contributed by atoms with Gasteiger partial charge in [0.25, 0.3) is 0 Å². The van der Waals surface area contributed by atoms with Crippen molar-refractivity contribution in [2.45, 2.75) is 38.5 Å². The van der Waals surface area contributed by atoms with Gasteiger partial charge in [0.15, 0.2) is 0 Å². The van der Waals surface area contributed by atoms with Crippen molar-refractivity contribution in [1.82, 2.24) is 5.32 Å². The van der Waals surface area contributed by atoms with Gasteiger partial charge in [-0.3, -0.25) is 0 Å². The second-order valence-electron chi connectivity index (χ2n) is 3.67. The zero-order valence-corrected chi connectivity index (χ0v) is 9.16. The highest BCUT2D eigenvalue weighted by atomic mass is 19.1. The lowest BCUT2D eigenvalue weighted by Gasteiger charge is -2.20. The van der Waals surface area contributed by atoms with E-state index in [1.807, 2.05) is 0 Å². The molecule has 0 radical (unpaired) electrons. The van der Waals surface area contributed by atoms with Crippen LogP contribution in [0.15, 0.2) is 0 Å². The number of alkyl halides is 1. The summed E-state index contributed by atoms with van der Waals surface area (Å²) in [5, 5.41) is 3.02. The van der Waals surface area contributed by atoms with Crippen molar-refractivity contribution >= 4 is 5.97 Å². The standard InChI is InChI=1S/C10H18FNO3/c1-3-15-10(13)9(11)7(2)12-8-4-5-14-6-8/h7-9,12H,3-6H2,1-2H3. The summed E-state index contributed by atoms with van der Waals surface area (Å²) in [7, 11) is 0. The predicted molar refractivity (Wildman–Crippen MR) is 53.4 cm³/mol. The number of hydrogen-bond acceptors (Lipinski definition) is 4. The van der Waals surface area contributed by atoms with Crippen LogP contribution in [0, 0.1) is 0 Å². The number of nitrogens with one attached hydrogen (secondary N) is 1. The van der Waals surface area contributed by atoms with Crippen molar-refractivity contribution in [3.63, 3.8) is 0 Å². The van der Waals surface area contributed by atoms with Crippen LogP contribution >= 0.6 is 0 Å². The van der Waals surface area contributed by atoms with Gasteiger partial charge in [-0.25, -0.2) is 9.18 Å². The molecule has 1 fully saturated rings. The molecule has 0 aliphatic carbocycles. The molecule has 88 valence electrons. The number of esters is 1. The van der Waals surface area contributed by atoms with E-state index in [2.05, 4.69) is 10.1 Å². The van der Waals surface area contributed by atoms with Crippen LogP contribution in [0.3, 0.4) is 0 Å². The van der Waals surface area contributed by atoms with Gasteiger partial charge in [0.1, 0.15) is 0 Å². The van der Waals surface area contributed by atoms with Crippen LogP contribution in [0.5, 0.6) is 0 Å².